The fourth-order valence-electron chi connectivity index (χ4n) is 4.59. The Morgan fingerprint density at radius 2 is 1.59 bits per heavy atom. The van der Waals surface area contributed by atoms with Crippen LogP contribution in [0, 0.1) is 0 Å². The lowest BCUT2D eigenvalue weighted by Crippen LogP contribution is -2.71. The number of carbonyl (C=O) groups is 3. The topological polar surface area (TPSA) is 91.4 Å². The molecule has 1 aliphatic carbocycles. The van der Waals surface area contributed by atoms with Crippen LogP contribution in [-0.4, -0.2) is 52.7 Å². The van der Waals surface area contributed by atoms with Crippen molar-refractivity contribution in [2.75, 3.05) is 19.6 Å². The minimum absolute atomic E-state index is 0.323. The summed E-state index contributed by atoms with van der Waals surface area (Å²) in [7, 11) is 0. The number of benzene rings is 2. The third kappa shape index (κ3) is 3.14. The molecule has 3 aromatic rings. The third-order valence-corrected chi connectivity index (χ3v) is 6.11. The molecule has 2 aliphatic rings. The molecule has 2 heterocycles. The van der Waals surface area contributed by atoms with Crippen LogP contribution in [0.4, 0.5) is 0 Å². The highest BCUT2D eigenvalue weighted by Crippen LogP contribution is 2.38. The first-order valence-corrected chi connectivity index (χ1v) is 10.6. The van der Waals surface area contributed by atoms with Crippen molar-refractivity contribution in [3.8, 4) is 0 Å². The van der Waals surface area contributed by atoms with E-state index >= 15 is 0 Å². The van der Waals surface area contributed by atoms with E-state index in [1.165, 1.54) is 0 Å². The number of Topliss-reactive ketones (excluding diaryl/α,β-unsaturated/α-hetero) is 2. The second-order valence-electron chi connectivity index (χ2n) is 7.90. The number of pyridine rings is 1. The van der Waals surface area contributed by atoms with Gasteiger partial charge >= 0.3 is 0 Å². The van der Waals surface area contributed by atoms with Crippen molar-refractivity contribution in [3.63, 3.8) is 0 Å². The highest BCUT2D eigenvalue weighted by molar-refractivity contribution is 6.33. The van der Waals surface area contributed by atoms with Crippen molar-refractivity contribution in [2.45, 2.75) is 11.7 Å². The normalized spacial score (nSPS) is 20.1. The number of aromatic nitrogens is 1. The summed E-state index contributed by atoms with van der Waals surface area (Å²) in [4.78, 5) is 47.2. The maximum Gasteiger partial charge on any atom is 0.253 e. The van der Waals surface area contributed by atoms with E-state index in [1.807, 2.05) is 24.3 Å². The van der Waals surface area contributed by atoms with Gasteiger partial charge < -0.3 is 10.6 Å². The van der Waals surface area contributed by atoms with Crippen LogP contribution in [0.3, 0.4) is 0 Å². The molecular weight excluding hydrogens is 404 g/mol. The van der Waals surface area contributed by atoms with E-state index in [2.05, 4.69) is 15.6 Å². The Kier molecular flexibility index (Phi) is 5.13. The summed E-state index contributed by atoms with van der Waals surface area (Å²) in [5.41, 5.74) is -0.0770. The third-order valence-electron chi connectivity index (χ3n) is 6.11. The Bertz CT molecular complexity index is 1150. The van der Waals surface area contributed by atoms with Crippen LogP contribution < -0.4 is 10.6 Å². The summed E-state index contributed by atoms with van der Waals surface area (Å²) in [6.07, 6.45) is 1.68. The van der Waals surface area contributed by atoms with Crippen LogP contribution in [0.5, 0.6) is 0 Å². The Labute approximate surface area is 185 Å². The average Bonchev–Trinajstić information content (AvgIpc) is 3.07. The average molecular weight is 426 g/mol. The van der Waals surface area contributed by atoms with E-state index in [0.717, 1.165) is 5.69 Å². The predicted octanol–water partition coefficient (Wildman–Crippen LogP) is 2.23. The van der Waals surface area contributed by atoms with Crippen molar-refractivity contribution in [2.24, 2.45) is 0 Å². The summed E-state index contributed by atoms with van der Waals surface area (Å²) >= 11 is 0. The molecule has 5 rings (SSSR count). The molecule has 1 atom stereocenters. The van der Waals surface area contributed by atoms with Crippen molar-refractivity contribution < 1.29 is 14.4 Å². The molecule has 0 radical (unpaired) electrons. The number of carbonyl (C=O) groups excluding carboxylic acids is 3. The van der Waals surface area contributed by atoms with E-state index in [0.29, 0.717) is 36.3 Å². The molecule has 1 unspecified atom stereocenters. The second-order valence-corrected chi connectivity index (χ2v) is 7.90. The number of piperazine rings is 1. The fraction of sp³-hybridized carbons (Fsp3) is 0.200. The molecule has 1 aromatic heterocycles. The lowest BCUT2D eigenvalue weighted by Gasteiger charge is -2.45. The van der Waals surface area contributed by atoms with Crippen LogP contribution in [-0.2, 0) is 0 Å². The standard InChI is InChI=1S/C25H22N4O3/c30-22-18-10-4-5-11-19(18)23(31)25(22,28-24(32)17-8-2-1-3-9-17)29-15-14-26-16-21(29)20-12-6-7-13-27-20/h1-13,21,26H,14-16H2,(H,28,32). The van der Waals surface area contributed by atoms with Gasteiger partial charge in [0, 0.05) is 42.5 Å². The molecule has 1 saturated heterocycles. The van der Waals surface area contributed by atoms with Crippen molar-refractivity contribution >= 4 is 17.5 Å². The number of fused-ring (bicyclic) bond motifs is 1. The van der Waals surface area contributed by atoms with Gasteiger partial charge in [0.15, 0.2) is 0 Å². The summed E-state index contributed by atoms with van der Waals surface area (Å²) in [5.74, 6) is -1.30. The molecule has 2 aromatic carbocycles. The zero-order valence-corrected chi connectivity index (χ0v) is 17.3. The largest absolute Gasteiger partial charge is 0.320 e. The zero-order valence-electron chi connectivity index (χ0n) is 17.3. The number of nitrogens with one attached hydrogen (secondary N) is 2. The van der Waals surface area contributed by atoms with Gasteiger partial charge in [-0.05, 0) is 24.3 Å². The Morgan fingerprint density at radius 3 is 2.25 bits per heavy atom. The summed E-state index contributed by atoms with van der Waals surface area (Å²) < 4.78 is 0. The van der Waals surface area contributed by atoms with Gasteiger partial charge in [0.05, 0.1) is 11.7 Å². The second kappa shape index (κ2) is 8.11. The zero-order chi connectivity index (χ0) is 22.1. The first kappa shape index (κ1) is 20.2. The smallest absolute Gasteiger partial charge is 0.253 e. The molecule has 1 fully saturated rings. The molecule has 2 N–H and O–H groups in total. The van der Waals surface area contributed by atoms with E-state index in [-0.39, 0.29) is 6.04 Å². The lowest BCUT2D eigenvalue weighted by molar-refractivity contribution is 0.0132. The van der Waals surface area contributed by atoms with Gasteiger partial charge in [0.2, 0.25) is 17.2 Å². The fourth-order valence-corrected chi connectivity index (χ4v) is 4.59. The minimum atomic E-state index is -1.83. The van der Waals surface area contributed by atoms with Gasteiger partial charge in [0.25, 0.3) is 5.91 Å². The Morgan fingerprint density at radius 1 is 0.938 bits per heavy atom. The SMILES string of the molecule is O=C(NC1(N2CCNCC2c2ccccn2)C(=O)c2ccccc2C1=O)c1ccccc1. The van der Waals surface area contributed by atoms with Gasteiger partial charge in [-0.25, -0.2) is 0 Å². The molecule has 0 bridgehead atoms. The van der Waals surface area contributed by atoms with Crippen molar-refractivity contribution in [3.05, 3.63) is 101 Å². The lowest BCUT2D eigenvalue weighted by atomic mass is 9.95. The number of ketones is 2. The molecule has 1 amide bonds. The maximum absolute atomic E-state index is 13.9. The highest BCUT2D eigenvalue weighted by Gasteiger charge is 2.60. The first-order chi connectivity index (χ1) is 15.6. The molecular formula is C25H22N4O3. The van der Waals surface area contributed by atoms with Crippen LogP contribution in [0.1, 0.15) is 42.8 Å². The summed E-state index contributed by atoms with van der Waals surface area (Å²) in [6.45, 7) is 1.46. The number of hydrogen-bond donors (Lipinski definition) is 2. The molecule has 32 heavy (non-hydrogen) atoms. The summed E-state index contributed by atoms with van der Waals surface area (Å²) in [5, 5.41) is 6.18. The summed E-state index contributed by atoms with van der Waals surface area (Å²) in [6, 6.07) is 20.6. The van der Waals surface area contributed by atoms with Crippen LogP contribution in [0.15, 0.2) is 79.0 Å². The van der Waals surface area contributed by atoms with Crippen molar-refractivity contribution in [1.29, 1.82) is 0 Å². The van der Waals surface area contributed by atoms with Gasteiger partial charge in [-0.3, -0.25) is 24.3 Å². The number of rotatable bonds is 4. The van der Waals surface area contributed by atoms with Gasteiger partial charge in [0.1, 0.15) is 0 Å². The molecule has 0 saturated carbocycles. The highest BCUT2D eigenvalue weighted by atomic mass is 16.2. The maximum atomic E-state index is 13.9. The number of hydrogen-bond acceptors (Lipinski definition) is 6. The molecule has 0 spiro atoms. The molecule has 7 nitrogen and oxygen atoms in total. The Balaban J connectivity index is 1.64. The van der Waals surface area contributed by atoms with Gasteiger partial charge in [-0.2, -0.15) is 0 Å². The van der Waals surface area contributed by atoms with Gasteiger partial charge in [-0.1, -0.05) is 48.5 Å². The van der Waals surface area contributed by atoms with Gasteiger partial charge in [-0.15, -0.1) is 0 Å². The molecule has 7 heteroatoms. The molecule has 1 aliphatic heterocycles. The minimum Gasteiger partial charge on any atom is -0.320 e. The quantitative estimate of drug-likeness (QED) is 0.622. The van der Waals surface area contributed by atoms with Crippen LogP contribution in [0.2, 0.25) is 0 Å². The number of amides is 1. The van der Waals surface area contributed by atoms with E-state index in [1.54, 1.807) is 59.6 Å². The van der Waals surface area contributed by atoms with Crippen LogP contribution in [0.25, 0.3) is 0 Å². The monoisotopic (exact) mass is 426 g/mol. The van der Waals surface area contributed by atoms with Crippen LogP contribution >= 0.6 is 0 Å². The van der Waals surface area contributed by atoms with E-state index < -0.39 is 23.1 Å². The van der Waals surface area contributed by atoms with Crippen molar-refractivity contribution in [1.82, 2.24) is 20.5 Å². The Hall–Kier alpha value is -3.68. The predicted molar refractivity (Wildman–Crippen MR) is 118 cm³/mol. The van der Waals surface area contributed by atoms with E-state index in [9.17, 15) is 14.4 Å². The number of nitrogens with zero attached hydrogens (tertiary/aromatic N) is 2. The first-order valence-electron chi connectivity index (χ1n) is 10.6. The van der Waals surface area contributed by atoms with E-state index in [4.69, 9.17) is 0 Å². The molecule has 160 valence electrons.